The van der Waals surface area contributed by atoms with E-state index >= 15 is 0 Å². The van der Waals surface area contributed by atoms with Crippen molar-refractivity contribution in [2.45, 2.75) is 17.4 Å². The second kappa shape index (κ2) is 12.2. The predicted octanol–water partition coefficient (Wildman–Crippen LogP) is 4.44. The lowest BCUT2D eigenvalue weighted by Gasteiger charge is -2.17. The van der Waals surface area contributed by atoms with E-state index in [-0.39, 0.29) is 23.0 Å². The van der Waals surface area contributed by atoms with Crippen LogP contribution in [0.3, 0.4) is 0 Å². The number of aliphatic carboxylic acids is 1. The average molecular weight is 601 g/mol. The third-order valence-electron chi connectivity index (χ3n) is 6.54. The Morgan fingerprint density at radius 1 is 0.953 bits per heavy atom. The molecule has 7 N–H and O–H groups in total. The molecule has 4 aromatic carbocycles. The van der Waals surface area contributed by atoms with Crippen molar-refractivity contribution in [2.24, 2.45) is 0 Å². The van der Waals surface area contributed by atoms with Gasteiger partial charge in [0.1, 0.15) is 16.7 Å². The number of methoxy groups -OCH3 is 1. The summed E-state index contributed by atoms with van der Waals surface area (Å²) in [6.07, 6.45) is -0.0966. The number of nitrogens with one attached hydrogen (secondary N) is 4. The highest BCUT2D eigenvalue weighted by atomic mass is 32.2. The van der Waals surface area contributed by atoms with E-state index in [0.29, 0.717) is 33.6 Å². The SMILES string of the molecule is COc1ccc(-c2cccc(NC(=O)Nc3nc4ccccc4[nH]3)c2)cc1S(=O)(=O)NC(Cc1ccc(N)cc1)C(=O)O. The third-order valence-corrected chi connectivity index (χ3v) is 8.04. The molecule has 13 heteroatoms. The molecule has 2 amide bonds. The number of hydrogen-bond donors (Lipinski definition) is 6. The van der Waals surface area contributed by atoms with Crippen LogP contribution in [0.2, 0.25) is 0 Å². The molecule has 0 saturated carbocycles. The molecule has 43 heavy (non-hydrogen) atoms. The van der Waals surface area contributed by atoms with Crippen molar-refractivity contribution >= 4 is 50.4 Å². The Morgan fingerprint density at radius 2 is 1.70 bits per heavy atom. The van der Waals surface area contributed by atoms with E-state index in [4.69, 9.17) is 10.5 Å². The zero-order valence-corrected chi connectivity index (χ0v) is 23.7. The van der Waals surface area contributed by atoms with Gasteiger partial charge in [-0.3, -0.25) is 10.1 Å². The van der Waals surface area contributed by atoms with Gasteiger partial charge in [0.2, 0.25) is 16.0 Å². The van der Waals surface area contributed by atoms with Gasteiger partial charge in [-0.05, 0) is 71.6 Å². The Bertz CT molecular complexity index is 1870. The summed E-state index contributed by atoms with van der Waals surface area (Å²) in [5.41, 5.74) is 9.81. The van der Waals surface area contributed by atoms with Gasteiger partial charge in [-0.25, -0.2) is 18.2 Å². The fourth-order valence-electron chi connectivity index (χ4n) is 4.44. The number of amides is 2. The number of nitrogen functional groups attached to an aromatic ring is 1. The summed E-state index contributed by atoms with van der Waals surface area (Å²) < 4.78 is 34.5. The minimum Gasteiger partial charge on any atom is -0.495 e. The van der Waals surface area contributed by atoms with Crippen molar-refractivity contribution in [3.63, 3.8) is 0 Å². The first kappa shape index (κ1) is 29.1. The number of hydrogen-bond acceptors (Lipinski definition) is 7. The molecule has 0 aliphatic carbocycles. The van der Waals surface area contributed by atoms with E-state index in [2.05, 4.69) is 25.3 Å². The number of ether oxygens (including phenoxy) is 1. The largest absolute Gasteiger partial charge is 0.495 e. The number of carboxylic acid groups (broad SMARTS) is 1. The minimum atomic E-state index is -4.35. The molecule has 0 radical (unpaired) electrons. The molecule has 0 aliphatic heterocycles. The van der Waals surface area contributed by atoms with Gasteiger partial charge >= 0.3 is 12.0 Å². The van der Waals surface area contributed by atoms with Gasteiger partial charge in [0, 0.05) is 11.4 Å². The van der Waals surface area contributed by atoms with Crippen LogP contribution < -0.4 is 25.8 Å². The van der Waals surface area contributed by atoms with Gasteiger partial charge in [-0.15, -0.1) is 0 Å². The maximum Gasteiger partial charge on any atom is 0.326 e. The first-order valence-electron chi connectivity index (χ1n) is 13.0. The van der Waals surface area contributed by atoms with Crippen LogP contribution in [0.15, 0.2) is 95.9 Å². The van der Waals surface area contributed by atoms with Crippen LogP contribution in [0.5, 0.6) is 5.75 Å². The molecule has 0 spiro atoms. The zero-order valence-electron chi connectivity index (χ0n) is 22.9. The Morgan fingerprint density at radius 3 is 2.42 bits per heavy atom. The number of carbonyl (C=O) groups is 2. The van der Waals surface area contributed by atoms with Crippen molar-refractivity contribution in [3.05, 3.63) is 96.6 Å². The van der Waals surface area contributed by atoms with Crippen molar-refractivity contribution in [3.8, 4) is 16.9 Å². The van der Waals surface area contributed by atoms with E-state index in [1.54, 1.807) is 54.6 Å². The lowest BCUT2D eigenvalue weighted by Crippen LogP contribution is -2.42. The van der Waals surface area contributed by atoms with Crippen molar-refractivity contribution in [1.29, 1.82) is 0 Å². The Kier molecular flexibility index (Phi) is 8.27. The third kappa shape index (κ3) is 6.92. The fraction of sp³-hybridized carbons (Fsp3) is 0.100. The van der Waals surface area contributed by atoms with Gasteiger partial charge < -0.3 is 25.9 Å². The summed E-state index contributed by atoms with van der Waals surface area (Å²) in [6.45, 7) is 0. The lowest BCUT2D eigenvalue weighted by molar-refractivity contribution is -0.138. The van der Waals surface area contributed by atoms with Crippen LogP contribution >= 0.6 is 0 Å². The number of para-hydroxylation sites is 2. The number of H-pyrrole nitrogens is 1. The number of urea groups is 1. The van der Waals surface area contributed by atoms with Crippen LogP contribution in [-0.2, 0) is 21.2 Å². The number of aromatic amines is 1. The average Bonchev–Trinajstić information content (AvgIpc) is 3.39. The molecular weight excluding hydrogens is 572 g/mol. The van der Waals surface area contributed by atoms with E-state index in [0.717, 1.165) is 5.52 Å². The highest BCUT2D eigenvalue weighted by Gasteiger charge is 2.28. The topological polar surface area (TPSA) is 189 Å². The van der Waals surface area contributed by atoms with E-state index in [9.17, 15) is 23.1 Å². The number of benzene rings is 4. The molecule has 0 fully saturated rings. The van der Waals surface area contributed by atoms with Gasteiger partial charge in [-0.1, -0.05) is 42.5 Å². The number of sulfonamides is 1. The second-order valence-electron chi connectivity index (χ2n) is 9.59. The van der Waals surface area contributed by atoms with Gasteiger partial charge in [0.05, 0.1) is 18.1 Å². The summed E-state index contributed by atoms with van der Waals surface area (Å²) in [5.74, 6) is -1.02. The van der Waals surface area contributed by atoms with Crippen molar-refractivity contribution < 1.29 is 27.9 Å². The molecule has 5 aromatic rings. The number of aromatic nitrogens is 2. The molecule has 0 bridgehead atoms. The maximum atomic E-state index is 13.5. The normalized spacial score (nSPS) is 12.0. The second-order valence-corrected chi connectivity index (χ2v) is 11.3. The minimum absolute atomic E-state index is 0.0346. The first-order valence-corrected chi connectivity index (χ1v) is 14.5. The standard InChI is InChI=1S/C30H28N6O6S/c1-42-26-14-11-20(17-27(26)43(40,41)36-25(28(37)38)15-18-9-12-21(31)13-10-18)19-5-4-6-22(16-19)32-30(39)35-29-33-23-7-2-3-8-24(23)34-29/h2-14,16-17,25,36H,15,31H2,1H3,(H,37,38)(H3,32,33,34,35,39). The maximum absolute atomic E-state index is 13.5. The van der Waals surface area contributed by atoms with Crippen LogP contribution in [0.1, 0.15) is 5.56 Å². The molecule has 5 rings (SSSR count). The summed E-state index contributed by atoms with van der Waals surface area (Å²) >= 11 is 0. The molecule has 1 atom stereocenters. The molecule has 1 unspecified atom stereocenters. The van der Waals surface area contributed by atoms with Crippen molar-refractivity contribution in [2.75, 3.05) is 23.5 Å². The Balaban J connectivity index is 1.35. The fourth-order valence-corrected chi connectivity index (χ4v) is 5.83. The number of anilines is 3. The van der Waals surface area contributed by atoms with E-state index in [1.807, 2.05) is 24.3 Å². The molecular formula is C30H28N6O6S. The molecule has 1 heterocycles. The van der Waals surface area contributed by atoms with Crippen LogP contribution in [0.4, 0.5) is 22.1 Å². The molecule has 1 aromatic heterocycles. The van der Waals surface area contributed by atoms with Crippen molar-refractivity contribution in [1.82, 2.24) is 14.7 Å². The molecule has 0 saturated heterocycles. The number of fused-ring (bicyclic) bond motifs is 1. The quantitative estimate of drug-likeness (QED) is 0.127. The number of imidazole rings is 1. The van der Waals surface area contributed by atoms with Gasteiger partial charge in [0.15, 0.2) is 0 Å². The molecule has 0 aliphatic rings. The van der Waals surface area contributed by atoms with Crippen LogP contribution in [0.25, 0.3) is 22.2 Å². The number of carboxylic acids is 1. The van der Waals surface area contributed by atoms with E-state index in [1.165, 1.54) is 19.2 Å². The number of nitrogens with two attached hydrogens (primary N) is 1. The summed E-state index contributed by atoms with van der Waals surface area (Å²) in [5, 5.41) is 15.2. The summed E-state index contributed by atoms with van der Waals surface area (Å²) in [4.78, 5) is 31.7. The summed E-state index contributed by atoms with van der Waals surface area (Å²) in [7, 11) is -3.03. The summed E-state index contributed by atoms with van der Waals surface area (Å²) in [6, 6.07) is 23.2. The van der Waals surface area contributed by atoms with Crippen LogP contribution in [0, 0.1) is 0 Å². The number of nitrogens with zero attached hydrogens (tertiary/aromatic N) is 1. The van der Waals surface area contributed by atoms with Gasteiger partial charge in [-0.2, -0.15) is 4.72 Å². The lowest BCUT2D eigenvalue weighted by atomic mass is 10.0. The Labute approximate surface area is 247 Å². The number of rotatable bonds is 10. The highest BCUT2D eigenvalue weighted by molar-refractivity contribution is 7.89. The molecule has 220 valence electrons. The smallest absolute Gasteiger partial charge is 0.326 e. The zero-order chi connectivity index (χ0) is 30.6. The monoisotopic (exact) mass is 600 g/mol. The molecule has 12 nitrogen and oxygen atoms in total. The van der Waals surface area contributed by atoms with E-state index < -0.39 is 28.1 Å². The number of carbonyl (C=O) groups excluding carboxylic acids is 1. The van der Waals surface area contributed by atoms with Crippen LogP contribution in [-0.4, -0.2) is 48.6 Å². The first-order chi connectivity index (χ1) is 20.6. The highest BCUT2D eigenvalue weighted by Crippen LogP contribution is 2.31. The Hall–Kier alpha value is -5.40. The predicted molar refractivity (Wildman–Crippen MR) is 163 cm³/mol. The van der Waals surface area contributed by atoms with Gasteiger partial charge in [0.25, 0.3) is 0 Å².